The minimum atomic E-state index is 0.628. The minimum Gasteiger partial charge on any atom is -0.431 e. The molecule has 0 radical (unpaired) electrons. The van der Waals surface area contributed by atoms with E-state index in [0.29, 0.717) is 5.92 Å². The van der Waals surface area contributed by atoms with E-state index < -0.39 is 0 Å². The second kappa shape index (κ2) is 5.64. The third-order valence-corrected chi connectivity index (χ3v) is 4.13. The summed E-state index contributed by atoms with van der Waals surface area (Å²) in [4.78, 5) is 4.42. The number of benzene rings is 1. The molecular formula is C12H15NOS2. The Hall–Kier alpha value is -0.610. The van der Waals surface area contributed by atoms with Crippen molar-refractivity contribution < 1.29 is 4.42 Å². The first-order chi connectivity index (χ1) is 7.83. The van der Waals surface area contributed by atoms with E-state index in [9.17, 15) is 0 Å². The van der Waals surface area contributed by atoms with Crippen LogP contribution in [0.4, 0.5) is 0 Å². The molecule has 2 aromatic rings. The molecule has 0 amide bonds. The third kappa shape index (κ3) is 2.74. The van der Waals surface area contributed by atoms with Crippen molar-refractivity contribution in [3.05, 3.63) is 24.3 Å². The fourth-order valence-electron chi connectivity index (χ4n) is 1.40. The zero-order valence-corrected chi connectivity index (χ0v) is 10.9. The maximum absolute atomic E-state index is 5.63. The lowest BCUT2D eigenvalue weighted by molar-refractivity contribution is 0.488. The summed E-state index contributed by atoms with van der Waals surface area (Å²) in [5.41, 5.74) is 1.80. The summed E-state index contributed by atoms with van der Waals surface area (Å²) < 4.78 is 5.63. The molecule has 4 heteroatoms. The van der Waals surface area contributed by atoms with Crippen LogP contribution in [0.5, 0.6) is 0 Å². The van der Waals surface area contributed by atoms with Crippen LogP contribution in [0, 0.1) is 5.92 Å². The third-order valence-electron chi connectivity index (χ3n) is 2.55. The molecule has 0 saturated carbocycles. The smallest absolute Gasteiger partial charge is 0.256 e. The molecule has 2 rings (SSSR count). The summed E-state index contributed by atoms with van der Waals surface area (Å²) in [5, 5.41) is 0.765. The molecule has 86 valence electrons. The first-order valence-corrected chi connectivity index (χ1v) is 7.04. The SMILES string of the molecule is CCC(CS)CSc1nc2ccccc2o1. The van der Waals surface area contributed by atoms with Crippen molar-refractivity contribution in [2.45, 2.75) is 18.6 Å². The zero-order chi connectivity index (χ0) is 11.4. The highest BCUT2D eigenvalue weighted by atomic mass is 32.2. The van der Waals surface area contributed by atoms with Gasteiger partial charge in [0.15, 0.2) is 5.58 Å². The second-order valence-electron chi connectivity index (χ2n) is 3.72. The van der Waals surface area contributed by atoms with Crippen molar-refractivity contribution >= 4 is 35.5 Å². The molecule has 0 saturated heterocycles. The highest BCUT2D eigenvalue weighted by Gasteiger charge is 2.09. The van der Waals surface area contributed by atoms with E-state index in [4.69, 9.17) is 4.42 Å². The molecular weight excluding hydrogens is 238 g/mol. The lowest BCUT2D eigenvalue weighted by Gasteiger charge is -2.08. The lowest BCUT2D eigenvalue weighted by atomic mass is 10.2. The van der Waals surface area contributed by atoms with Crippen molar-refractivity contribution in [3.63, 3.8) is 0 Å². The molecule has 0 aliphatic carbocycles. The van der Waals surface area contributed by atoms with Gasteiger partial charge in [-0.05, 0) is 23.8 Å². The Bertz CT molecular complexity index is 418. The Morgan fingerprint density at radius 3 is 2.94 bits per heavy atom. The van der Waals surface area contributed by atoms with Crippen LogP contribution in [0.25, 0.3) is 11.1 Å². The van der Waals surface area contributed by atoms with E-state index in [1.54, 1.807) is 11.8 Å². The predicted molar refractivity (Wildman–Crippen MR) is 72.4 cm³/mol. The van der Waals surface area contributed by atoms with Crippen LogP contribution in [0.15, 0.2) is 33.9 Å². The van der Waals surface area contributed by atoms with Crippen LogP contribution in [0.2, 0.25) is 0 Å². The maximum Gasteiger partial charge on any atom is 0.256 e. The van der Waals surface area contributed by atoms with Gasteiger partial charge in [0.05, 0.1) is 0 Å². The molecule has 16 heavy (non-hydrogen) atoms. The predicted octanol–water partition coefficient (Wildman–Crippen LogP) is 3.88. The minimum absolute atomic E-state index is 0.628. The number of thioether (sulfide) groups is 1. The Morgan fingerprint density at radius 2 is 2.25 bits per heavy atom. The first-order valence-electron chi connectivity index (χ1n) is 5.42. The van der Waals surface area contributed by atoms with E-state index in [0.717, 1.165) is 34.2 Å². The molecule has 0 aliphatic heterocycles. The molecule has 1 unspecified atom stereocenters. The summed E-state index contributed by atoms with van der Waals surface area (Å²) in [6.07, 6.45) is 1.15. The Labute approximate surface area is 105 Å². The van der Waals surface area contributed by atoms with Gasteiger partial charge in [-0.1, -0.05) is 37.2 Å². The number of hydrogen-bond acceptors (Lipinski definition) is 4. The van der Waals surface area contributed by atoms with Crippen LogP contribution >= 0.6 is 24.4 Å². The van der Waals surface area contributed by atoms with Gasteiger partial charge in [-0.2, -0.15) is 12.6 Å². The van der Waals surface area contributed by atoms with Crippen LogP contribution in [0.1, 0.15) is 13.3 Å². The van der Waals surface area contributed by atoms with Gasteiger partial charge in [0.1, 0.15) is 5.52 Å². The average Bonchev–Trinajstić information content (AvgIpc) is 2.73. The number of rotatable bonds is 5. The van der Waals surface area contributed by atoms with Crippen molar-refractivity contribution in [1.82, 2.24) is 4.98 Å². The summed E-state index contributed by atoms with van der Waals surface area (Å²) in [6.45, 7) is 2.19. The maximum atomic E-state index is 5.63. The van der Waals surface area contributed by atoms with Gasteiger partial charge in [0.25, 0.3) is 5.22 Å². The van der Waals surface area contributed by atoms with Gasteiger partial charge in [0, 0.05) is 5.75 Å². The van der Waals surface area contributed by atoms with E-state index in [1.807, 2.05) is 24.3 Å². The summed E-state index contributed by atoms with van der Waals surface area (Å²) in [7, 11) is 0. The van der Waals surface area contributed by atoms with Gasteiger partial charge in [-0.3, -0.25) is 0 Å². The van der Waals surface area contributed by atoms with E-state index in [-0.39, 0.29) is 0 Å². The number of thiol groups is 1. The van der Waals surface area contributed by atoms with Crippen molar-refractivity contribution in [2.75, 3.05) is 11.5 Å². The number of fused-ring (bicyclic) bond motifs is 1. The Kier molecular flexibility index (Phi) is 4.18. The molecule has 0 N–H and O–H groups in total. The fourth-order valence-corrected chi connectivity index (χ4v) is 3.01. The lowest BCUT2D eigenvalue weighted by Crippen LogP contribution is -2.03. The van der Waals surface area contributed by atoms with Gasteiger partial charge < -0.3 is 4.42 Å². The molecule has 2 nitrogen and oxygen atoms in total. The molecule has 1 heterocycles. The van der Waals surface area contributed by atoms with Crippen molar-refractivity contribution in [2.24, 2.45) is 5.92 Å². The largest absolute Gasteiger partial charge is 0.431 e. The summed E-state index contributed by atoms with van der Waals surface area (Å²) in [6, 6.07) is 7.85. The second-order valence-corrected chi connectivity index (χ2v) is 5.05. The van der Waals surface area contributed by atoms with E-state index in [2.05, 4.69) is 24.5 Å². The molecule has 0 fully saturated rings. The zero-order valence-electron chi connectivity index (χ0n) is 9.22. The molecule has 1 aromatic carbocycles. The highest BCUT2D eigenvalue weighted by molar-refractivity contribution is 7.99. The van der Waals surface area contributed by atoms with Crippen LogP contribution in [-0.2, 0) is 0 Å². The van der Waals surface area contributed by atoms with Crippen LogP contribution < -0.4 is 0 Å². The summed E-state index contributed by atoms with van der Waals surface area (Å²) in [5.74, 6) is 2.57. The fraction of sp³-hybridized carbons (Fsp3) is 0.417. The highest BCUT2D eigenvalue weighted by Crippen LogP contribution is 2.25. The quantitative estimate of drug-likeness (QED) is 0.647. The average molecular weight is 253 g/mol. The van der Waals surface area contributed by atoms with Crippen LogP contribution in [0.3, 0.4) is 0 Å². The van der Waals surface area contributed by atoms with Gasteiger partial charge in [0.2, 0.25) is 0 Å². The van der Waals surface area contributed by atoms with Gasteiger partial charge in [-0.25, -0.2) is 4.98 Å². The molecule has 0 aliphatic rings. The van der Waals surface area contributed by atoms with Crippen LogP contribution in [-0.4, -0.2) is 16.5 Å². The summed E-state index contributed by atoms with van der Waals surface area (Å²) >= 11 is 6.00. The first kappa shape index (κ1) is 11.9. The molecule has 1 aromatic heterocycles. The van der Waals surface area contributed by atoms with E-state index >= 15 is 0 Å². The standard InChI is InChI=1S/C12H15NOS2/c1-2-9(7-15)8-16-12-13-10-5-3-4-6-11(10)14-12/h3-6,9,15H,2,7-8H2,1H3. The number of oxazole rings is 1. The van der Waals surface area contributed by atoms with Gasteiger partial charge >= 0.3 is 0 Å². The number of nitrogens with zero attached hydrogens (tertiary/aromatic N) is 1. The monoisotopic (exact) mass is 253 g/mol. The molecule has 1 atom stereocenters. The van der Waals surface area contributed by atoms with Gasteiger partial charge in [-0.15, -0.1) is 0 Å². The number of aromatic nitrogens is 1. The molecule has 0 spiro atoms. The number of hydrogen-bond donors (Lipinski definition) is 1. The number of para-hydroxylation sites is 2. The molecule has 0 bridgehead atoms. The normalized spacial score (nSPS) is 13.1. The topological polar surface area (TPSA) is 26.0 Å². The Balaban J connectivity index is 2.04. The van der Waals surface area contributed by atoms with Crippen molar-refractivity contribution in [3.8, 4) is 0 Å². The van der Waals surface area contributed by atoms with E-state index in [1.165, 1.54) is 0 Å². The van der Waals surface area contributed by atoms with Crippen molar-refractivity contribution in [1.29, 1.82) is 0 Å². The Morgan fingerprint density at radius 1 is 1.44 bits per heavy atom.